The quantitative estimate of drug-likeness (QED) is 0.408. The topological polar surface area (TPSA) is 116 Å². The van der Waals surface area contributed by atoms with Crippen LogP contribution in [-0.4, -0.2) is 118 Å². The summed E-state index contributed by atoms with van der Waals surface area (Å²) in [4.78, 5) is 16.2. The van der Waals surface area contributed by atoms with Gasteiger partial charge in [0, 0.05) is 76.0 Å². The molecule has 1 aliphatic heterocycles. The van der Waals surface area contributed by atoms with Crippen molar-refractivity contribution >= 4 is 5.97 Å². The second-order valence-electron chi connectivity index (χ2n) is 14.1. The summed E-state index contributed by atoms with van der Waals surface area (Å²) in [5.74, 6) is -0.864. The molecule has 10 heteroatoms. The number of likely N-dealkylation sites (tertiary alicyclic amines) is 1. The van der Waals surface area contributed by atoms with Crippen LogP contribution >= 0.6 is 0 Å². The highest BCUT2D eigenvalue weighted by atomic mass is 16.6. The Bertz CT molecular complexity index is 1250. The van der Waals surface area contributed by atoms with Crippen LogP contribution in [0.2, 0.25) is 0 Å². The third kappa shape index (κ3) is 3.52. The zero-order valence-corrected chi connectivity index (χ0v) is 26.2. The summed E-state index contributed by atoms with van der Waals surface area (Å²) >= 11 is 0. The summed E-state index contributed by atoms with van der Waals surface area (Å²) in [5, 5.41) is 25.8. The molecule has 5 aliphatic carbocycles. The Morgan fingerprint density at radius 1 is 0.953 bits per heavy atom. The Morgan fingerprint density at radius 3 is 2.28 bits per heavy atom. The van der Waals surface area contributed by atoms with Crippen LogP contribution in [0.3, 0.4) is 0 Å². The third-order valence-corrected chi connectivity index (χ3v) is 13.0. The van der Waals surface area contributed by atoms with Crippen LogP contribution < -0.4 is 4.74 Å². The molecule has 7 rings (SSSR count). The highest BCUT2D eigenvalue weighted by Gasteiger charge is 2.88. The van der Waals surface area contributed by atoms with Gasteiger partial charge in [-0.3, -0.25) is 4.90 Å². The Hall–Kier alpha value is -1.79. The van der Waals surface area contributed by atoms with E-state index in [2.05, 4.69) is 11.8 Å². The summed E-state index contributed by atoms with van der Waals surface area (Å²) in [6.07, 6.45) is 0.328. The molecule has 7 bridgehead atoms. The Kier molecular flexibility index (Phi) is 7.03. The van der Waals surface area contributed by atoms with Crippen molar-refractivity contribution in [1.29, 1.82) is 0 Å². The van der Waals surface area contributed by atoms with E-state index in [0.717, 1.165) is 25.9 Å². The minimum atomic E-state index is -1.47. The molecule has 1 aromatic rings. The van der Waals surface area contributed by atoms with Gasteiger partial charge >= 0.3 is 5.97 Å². The minimum Gasteiger partial charge on any atom is -0.497 e. The molecule has 5 saturated carbocycles. The number of benzene rings is 1. The van der Waals surface area contributed by atoms with Crippen molar-refractivity contribution in [2.75, 3.05) is 55.2 Å². The van der Waals surface area contributed by atoms with Gasteiger partial charge in [0.1, 0.15) is 17.5 Å². The fraction of sp³-hybridized carbons (Fsp3) is 0.788. The zero-order valence-electron chi connectivity index (χ0n) is 26.2. The predicted octanol–water partition coefficient (Wildman–Crippen LogP) is 2.14. The van der Waals surface area contributed by atoms with E-state index in [9.17, 15) is 15.0 Å². The number of carbonyl (C=O) groups excluding carboxylic acids is 1. The number of aliphatic hydroxyl groups is 2. The van der Waals surface area contributed by atoms with Gasteiger partial charge in [-0.1, -0.05) is 6.92 Å². The lowest BCUT2D eigenvalue weighted by atomic mass is 9.43. The van der Waals surface area contributed by atoms with Gasteiger partial charge in [0.15, 0.2) is 0 Å². The molecule has 238 valence electrons. The molecule has 43 heavy (non-hydrogen) atoms. The van der Waals surface area contributed by atoms with Crippen LogP contribution in [0.4, 0.5) is 0 Å². The van der Waals surface area contributed by atoms with E-state index in [-0.39, 0.29) is 47.8 Å². The summed E-state index contributed by atoms with van der Waals surface area (Å²) in [5.41, 5.74) is -3.05. The fourth-order valence-corrected chi connectivity index (χ4v) is 12.0. The molecule has 6 aliphatic rings. The number of esters is 1. The number of hydrogen-bond acceptors (Lipinski definition) is 10. The summed E-state index contributed by atoms with van der Waals surface area (Å²) < 4.78 is 36.5. The minimum absolute atomic E-state index is 0.0233. The monoisotopic (exact) mass is 601 g/mol. The first-order valence-electron chi connectivity index (χ1n) is 15.8. The maximum Gasteiger partial charge on any atom is 0.338 e. The molecule has 1 spiro atoms. The van der Waals surface area contributed by atoms with Crippen LogP contribution in [0.1, 0.15) is 43.0 Å². The second-order valence-corrected chi connectivity index (χ2v) is 14.1. The summed E-state index contributed by atoms with van der Waals surface area (Å²) in [6, 6.07) is 6.72. The molecule has 13 atom stereocenters. The molecule has 10 nitrogen and oxygen atoms in total. The normalized spacial score (nSPS) is 49.2. The van der Waals surface area contributed by atoms with Gasteiger partial charge in [-0.25, -0.2) is 4.79 Å². The lowest BCUT2D eigenvalue weighted by Crippen LogP contribution is -2.77. The van der Waals surface area contributed by atoms with Crippen LogP contribution in [-0.2, 0) is 23.7 Å². The van der Waals surface area contributed by atoms with E-state index in [4.69, 9.17) is 28.4 Å². The first-order chi connectivity index (χ1) is 20.6. The molecule has 6 fully saturated rings. The van der Waals surface area contributed by atoms with Gasteiger partial charge in [-0.05, 0) is 56.0 Å². The molecule has 0 radical (unpaired) electrons. The van der Waals surface area contributed by atoms with E-state index >= 15 is 0 Å². The SMILES string of the molecule is CCN1C[C@]2(COC)CC[C@H](OC)[C@@]34[C@@H]5C[C@]6(O)[C@@H](OC)C[C@@](O)([C@H]5[C@H]6OC(=O)c5ccc(OC)cc5)[C@@H]([C@H](OC)[C@H]23)[C@@H]14. The predicted molar refractivity (Wildman–Crippen MR) is 155 cm³/mol. The molecule has 1 aromatic carbocycles. The number of ether oxygens (including phenoxy) is 6. The van der Waals surface area contributed by atoms with Gasteiger partial charge in [-0.15, -0.1) is 0 Å². The number of methoxy groups -OCH3 is 5. The van der Waals surface area contributed by atoms with Crippen LogP contribution in [0, 0.1) is 34.5 Å². The largest absolute Gasteiger partial charge is 0.497 e. The zero-order chi connectivity index (χ0) is 30.5. The van der Waals surface area contributed by atoms with Crippen LogP contribution in [0.25, 0.3) is 0 Å². The summed E-state index contributed by atoms with van der Waals surface area (Å²) in [6.45, 7) is 4.45. The van der Waals surface area contributed by atoms with Crippen molar-refractivity contribution in [1.82, 2.24) is 4.90 Å². The maximum atomic E-state index is 13.7. The third-order valence-electron chi connectivity index (χ3n) is 13.0. The van der Waals surface area contributed by atoms with Crippen LogP contribution in [0.5, 0.6) is 5.75 Å². The van der Waals surface area contributed by atoms with Gasteiger partial charge in [0.25, 0.3) is 0 Å². The highest BCUT2D eigenvalue weighted by Crippen LogP contribution is 2.80. The van der Waals surface area contributed by atoms with E-state index in [1.807, 2.05) is 0 Å². The molecule has 1 saturated heterocycles. The number of piperidine rings is 1. The summed E-state index contributed by atoms with van der Waals surface area (Å²) in [7, 11) is 8.46. The van der Waals surface area contributed by atoms with Crippen molar-refractivity contribution in [2.45, 2.75) is 74.3 Å². The average molecular weight is 602 g/mol. The highest BCUT2D eigenvalue weighted by molar-refractivity contribution is 5.89. The van der Waals surface area contributed by atoms with Crippen molar-refractivity contribution in [3.8, 4) is 5.75 Å². The number of carbonyl (C=O) groups is 1. The van der Waals surface area contributed by atoms with E-state index in [1.54, 1.807) is 59.8 Å². The van der Waals surface area contributed by atoms with E-state index < -0.39 is 40.7 Å². The van der Waals surface area contributed by atoms with Gasteiger partial charge in [0.05, 0.1) is 43.2 Å². The molecule has 0 unspecified atom stereocenters. The molecule has 2 N–H and O–H groups in total. The van der Waals surface area contributed by atoms with Crippen molar-refractivity contribution in [3.05, 3.63) is 29.8 Å². The lowest BCUT2D eigenvalue weighted by Gasteiger charge is -2.69. The van der Waals surface area contributed by atoms with Gasteiger partial charge in [0.2, 0.25) is 0 Å². The molecular formula is C33H47NO9. The van der Waals surface area contributed by atoms with Crippen molar-refractivity contribution in [2.24, 2.45) is 34.5 Å². The van der Waals surface area contributed by atoms with Gasteiger partial charge in [-0.2, -0.15) is 0 Å². The standard InChI is InChI=1S/C33H47NO9/c1-7-34-16-30(17-38-2)13-12-21(40-4)33-20-14-31(36)22(41-5)15-32(37,24(27(33)34)25(42-6)26(30)33)23(20)28(31)43-29(35)18-8-10-19(39-3)11-9-18/h8-11,20-28,36-37H,7,12-17H2,1-6H3/t20-,21+,22+,23-,24+,25+,26-,27-,28-,30+,31+,32-,33+/m1/s1. The fourth-order valence-electron chi connectivity index (χ4n) is 12.0. The Morgan fingerprint density at radius 2 is 1.67 bits per heavy atom. The number of nitrogens with zero attached hydrogens (tertiary/aromatic N) is 1. The molecule has 1 heterocycles. The number of fused-ring (bicyclic) bond motifs is 2. The lowest BCUT2D eigenvalue weighted by molar-refractivity contribution is -0.283. The van der Waals surface area contributed by atoms with Crippen molar-refractivity contribution in [3.63, 3.8) is 0 Å². The first-order valence-corrected chi connectivity index (χ1v) is 15.8. The maximum absolute atomic E-state index is 13.7. The molecule has 0 amide bonds. The Labute approximate surface area is 253 Å². The smallest absolute Gasteiger partial charge is 0.338 e. The first kappa shape index (κ1) is 29.9. The Balaban J connectivity index is 1.41. The molecule has 0 aromatic heterocycles. The number of hydrogen-bond donors (Lipinski definition) is 2. The second kappa shape index (κ2) is 10.1. The number of rotatable bonds is 9. The average Bonchev–Trinajstić information content (AvgIpc) is 3.40. The van der Waals surface area contributed by atoms with E-state index in [0.29, 0.717) is 24.3 Å². The van der Waals surface area contributed by atoms with Crippen molar-refractivity contribution < 1.29 is 43.4 Å². The molecular weight excluding hydrogens is 554 g/mol. The van der Waals surface area contributed by atoms with E-state index in [1.165, 1.54) is 0 Å². The van der Waals surface area contributed by atoms with Crippen LogP contribution in [0.15, 0.2) is 24.3 Å². The van der Waals surface area contributed by atoms with Gasteiger partial charge < -0.3 is 38.6 Å².